The fourth-order valence-corrected chi connectivity index (χ4v) is 3.38. The Balaban J connectivity index is 2.24. The first-order valence-electron chi connectivity index (χ1n) is 6.88. The van der Waals surface area contributed by atoms with Gasteiger partial charge in [0.15, 0.2) is 0 Å². The van der Waals surface area contributed by atoms with E-state index in [9.17, 15) is 0 Å². The lowest BCUT2D eigenvalue weighted by atomic mass is 10.2. The molecule has 2 heterocycles. The van der Waals surface area contributed by atoms with Gasteiger partial charge in [-0.2, -0.15) is 0 Å². The lowest BCUT2D eigenvalue weighted by molar-refractivity contribution is 0.601. The molecule has 0 spiro atoms. The Morgan fingerprint density at radius 1 is 1.20 bits per heavy atom. The third-order valence-corrected chi connectivity index (χ3v) is 4.64. The number of nitrogen functional groups attached to an aromatic ring is 1. The number of imidazole rings is 1. The maximum absolute atomic E-state index is 5.88. The second-order valence-corrected chi connectivity index (χ2v) is 6.41. The van der Waals surface area contributed by atoms with Gasteiger partial charge in [0.2, 0.25) is 0 Å². The van der Waals surface area contributed by atoms with Gasteiger partial charge >= 0.3 is 0 Å². The Labute approximate surface area is 123 Å². The summed E-state index contributed by atoms with van der Waals surface area (Å²) in [6.07, 6.45) is 0. The van der Waals surface area contributed by atoms with E-state index in [0.717, 1.165) is 22.5 Å². The highest BCUT2D eigenvalue weighted by atomic mass is 32.1. The van der Waals surface area contributed by atoms with E-state index < -0.39 is 0 Å². The number of nitrogens with zero attached hydrogens (tertiary/aromatic N) is 2. The van der Waals surface area contributed by atoms with Gasteiger partial charge in [-0.05, 0) is 36.6 Å². The summed E-state index contributed by atoms with van der Waals surface area (Å²) >= 11 is 1.79. The summed E-state index contributed by atoms with van der Waals surface area (Å²) in [6, 6.07) is 10.6. The average molecular weight is 285 g/mol. The van der Waals surface area contributed by atoms with Crippen molar-refractivity contribution in [3.63, 3.8) is 0 Å². The van der Waals surface area contributed by atoms with Crippen molar-refractivity contribution in [2.24, 2.45) is 0 Å². The van der Waals surface area contributed by atoms with Crippen molar-refractivity contribution in [3.05, 3.63) is 46.4 Å². The van der Waals surface area contributed by atoms with Crippen molar-refractivity contribution >= 4 is 28.1 Å². The highest BCUT2D eigenvalue weighted by Gasteiger charge is 2.19. The summed E-state index contributed by atoms with van der Waals surface area (Å²) in [7, 11) is 0. The summed E-state index contributed by atoms with van der Waals surface area (Å²) < 4.78 is 2.34. The fraction of sp³-hybridized carbons (Fsp3) is 0.312. The molecule has 0 saturated heterocycles. The molecule has 0 aliphatic rings. The molecular weight excluding hydrogens is 266 g/mol. The smallest absolute Gasteiger partial charge is 0.113 e. The van der Waals surface area contributed by atoms with Gasteiger partial charge in [0.25, 0.3) is 0 Å². The number of rotatable bonds is 3. The zero-order chi connectivity index (χ0) is 14.3. The van der Waals surface area contributed by atoms with Crippen molar-refractivity contribution in [1.82, 2.24) is 9.55 Å². The standard InChI is InChI=1S/C16H19N3S/c1-10(2)16-18-13-9-12(17)6-7-14(13)19(16)11(3)15-5-4-8-20-15/h4-11H,17H2,1-3H3. The number of anilines is 1. The van der Waals surface area contributed by atoms with Gasteiger partial charge in [-0.15, -0.1) is 11.3 Å². The first-order chi connectivity index (χ1) is 9.58. The van der Waals surface area contributed by atoms with Crippen LogP contribution in [0.25, 0.3) is 11.0 Å². The van der Waals surface area contributed by atoms with Crippen molar-refractivity contribution in [2.45, 2.75) is 32.7 Å². The molecule has 4 heteroatoms. The number of hydrogen-bond donors (Lipinski definition) is 1. The minimum Gasteiger partial charge on any atom is -0.399 e. The molecule has 0 aliphatic carbocycles. The topological polar surface area (TPSA) is 43.8 Å². The molecule has 2 N–H and O–H groups in total. The monoisotopic (exact) mass is 285 g/mol. The van der Waals surface area contributed by atoms with Crippen LogP contribution in [0.2, 0.25) is 0 Å². The third-order valence-electron chi connectivity index (χ3n) is 3.60. The van der Waals surface area contributed by atoms with Crippen LogP contribution >= 0.6 is 11.3 Å². The predicted molar refractivity (Wildman–Crippen MR) is 86.4 cm³/mol. The Morgan fingerprint density at radius 2 is 2.00 bits per heavy atom. The number of fused-ring (bicyclic) bond motifs is 1. The van der Waals surface area contributed by atoms with E-state index in [4.69, 9.17) is 10.7 Å². The minimum atomic E-state index is 0.293. The minimum absolute atomic E-state index is 0.293. The van der Waals surface area contributed by atoms with Crippen molar-refractivity contribution in [2.75, 3.05) is 5.73 Å². The highest BCUT2D eigenvalue weighted by Crippen LogP contribution is 2.31. The average Bonchev–Trinajstić information content (AvgIpc) is 3.04. The van der Waals surface area contributed by atoms with Crippen molar-refractivity contribution < 1.29 is 0 Å². The van der Waals surface area contributed by atoms with E-state index in [0.29, 0.717) is 12.0 Å². The number of thiophene rings is 1. The summed E-state index contributed by atoms with van der Waals surface area (Å²) in [5.74, 6) is 1.50. The molecule has 0 amide bonds. The largest absolute Gasteiger partial charge is 0.399 e. The summed E-state index contributed by atoms with van der Waals surface area (Å²) in [6.45, 7) is 6.60. The highest BCUT2D eigenvalue weighted by molar-refractivity contribution is 7.10. The molecule has 104 valence electrons. The Bertz CT molecular complexity index is 726. The number of benzene rings is 1. The molecule has 0 radical (unpaired) electrons. The lowest BCUT2D eigenvalue weighted by Crippen LogP contribution is -2.10. The van der Waals surface area contributed by atoms with Gasteiger partial charge in [0.1, 0.15) is 5.82 Å². The Kier molecular flexibility index (Phi) is 3.26. The Morgan fingerprint density at radius 3 is 2.65 bits per heavy atom. The van der Waals surface area contributed by atoms with E-state index in [1.54, 1.807) is 11.3 Å². The zero-order valence-corrected chi connectivity index (χ0v) is 12.8. The van der Waals surface area contributed by atoms with E-state index in [2.05, 4.69) is 48.9 Å². The normalized spacial score (nSPS) is 13.2. The van der Waals surface area contributed by atoms with Gasteiger partial charge in [-0.25, -0.2) is 4.98 Å². The fourth-order valence-electron chi connectivity index (χ4n) is 2.60. The molecule has 1 unspecified atom stereocenters. The SMILES string of the molecule is CC(C)c1nc2cc(N)ccc2n1C(C)c1cccs1. The maximum Gasteiger partial charge on any atom is 0.113 e. The van der Waals surface area contributed by atoms with Crippen LogP contribution in [0.1, 0.15) is 43.4 Å². The van der Waals surface area contributed by atoms with Crippen LogP contribution in [-0.2, 0) is 0 Å². The molecular formula is C16H19N3S. The summed E-state index contributed by atoms with van der Waals surface area (Å²) in [4.78, 5) is 6.14. The zero-order valence-electron chi connectivity index (χ0n) is 12.0. The van der Waals surface area contributed by atoms with E-state index in [1.165, 1.54) is 4.88 Å². The molecule has 2 aromatic heterocycles. The Hall–Kier alpha value is -1.81. The van der Waals surface area contributed by atoms with Crippen LogP contribution in [0, 0.1) is 0 Å². The second kappa shape index (κ2) is 4.94. The molecule has 0 aliphatic heterocycles. The van der Waals surface area contributed by atoms with Crippen LogP contribution < -0.4 is 5.73 Å². The van der Waals surface area contributed by atoms with Crippen LogP contribution in [0.5, 0.6) is 0 Å². The van der Waals surface area contributed by atoms with Crippen LogP contribution in [0.4, 0.5) is 5.69 Å². The number of aromatic nitrogens is 2. The first-order valence-corrected chi connectivity index (χ1v) is 7.76. The van der Waals surface area contributed by atoms with Crippen LogP contribution in [0.3, 0.4) is 0 Å². The molecule has 3 rings (SSSR count). The molecule has 3 aromatic rings. The van der Waals surface area contributed by atoms with E-state index in [-0.39, 0.29) is 0 Å². The van der Waals surface area contributed by atoms with Gasteiger partial charge < -0.3 is 10.3 Å². The summed E-state index contributed by atoms with van der Waals surface area (Å²) in [5, 5.41) is 2.12. The number of hydrogen-bond acceptors (Lipinski definition) is 3. The van der Waals surface area contributed by atoms with E-state index in [1.807, 2.05) is 12.1 Å². The van der Waals surface area contributed by atoms with Crippen LogP contribution in [-0.4, -0.2) is 9.55 Å². The third kappa shape index (κ3) is 2.10. The second-order valence-electron chi connectivity index (χ2n) is 5.43. The summed E-state index contributed by atoms with van der Waals surface area (Å²) in [5.41, 5.74) is 8.79. The van der Waals surface area contributed by atoms with Gasteiger partial charge in [0, 0.05) is 16.5 Å². The lowest BCUT2D eigenvalue weighted by Gasteiger charge is -2.18. The molecule has 20 heavy (non-hydrogen) atoms. The molecule has 1 aromatic carbocycles. The van der Waals surface area contributed by atoms with Crippen molar-refractivity contribution in [3.8, 4) is 0 Å². The van der Waals surface area contributed by atoms with Gasteiger partial charge in [0.05, 0.1) is 17.1 Å². The predicted octanol–water partition coefficient (Wildman–Crippen LogP) is 4.41. The molecule has 0 bridgehead atoms. The van der Waals surface area contributed by atoms with Gasteiger partial charge in [-0.1, -0.05) is 19.9 Å². The van der Waals surface area contributed by atoms with Gasteiger partial charge in [-0.3, -0.25) is 0 Å². The van der Waals surface area contributed by atoms with Crippen molar-refractivity contribution in [1.29, 1.82) is 0 Å². The maximum atomic E-state index is 5.88. The first kappa shape index (κ1) is 13.2. The molecule has 0 fully saturated rings. The van der Waals surface area contributed by atoms with Crippen LogP contribution in [0.15, 0.2) is 35.7 Å². The molecule has 3 nitrogen and oxygen atoms in total. The molecule has 0 saturated carbocycles. The number of nitrogens with two attached hydrogens (primary N) is 1. The quantitative estimate of drug-likeness (QED) is 0.724. The molecule has 1 atom stereocenters. The van der Waals surface area contributed by atoms with E-state index >= 15 is 0 Å².